The van der Waals surface area contributed by atoms with Gasteiger partial charge in [0.05, 0.1) is 24.0 Å². The van der Waals surface area contributed by atoms with Crippen LogP contribution in [-0.2, 0) is 16.0 Å². The van der Waals surface area contributed by atoms with Crippen molar-refractivity contribution in [3.63, 3.8) is 0 Å². The molecule has 0 saturated heterocycles. The summed E-state index contributed by atoms with van der Waals surface area (Å²) in [5.41, 5.74) is 1.94. The Balaban J connectivity index is 2.32. The molecule has 128 valence electrons. The molecule has 6 heteroatoms. The van der Waals surface area contributed by atoms with Crippen molar-refractivity contribution in [1.29, 1.82) is 0 Å². The van der Waals surface area contributed by atoms with E-state index in [1.54, 1.807) is 4.68 Å². The molecule has 0 aliphatic carbocycles. The summed E-state index contributed by atoms with van der Waals surface area (Å²) in [4.78, 5) is 22.9. The molecule has 0 saturated carbocycles. The van der Waals surface area contributed by atoms with Gasteiger partial charge in [-0.3, -0.25) is 4.79 Å². The van der Waals surface area contributed by atoms with Gasteiger partial charge in [0.1, 0.15) is 12.2 Å². The zero-order valence-corrected chi connectivity index (χ0v) is 14.2. The van der Waals surface area contributed by atoms with Crippen LogP contribution >= 0.6 is 0 Å². The standard InChI is InChI=1S/C18H22N2O4/c1-18(2,3)11-15-14(17(23)24-10-9-16(21)22)12-19-20(15)13-7-5-4-6-8-13/h4-8,12H,9-11H2,1-3H3,(H,21,22). The number of carboxylic acid groups (broad SMARTS) is 1. The van der Waals surface area contributed by atoms with Crippen LogP contribution in [0.2, 0.25) is 0 Å². The molecular weight excluding hydrogens is 308 g/mol. The van der Waals surface area contributed by atoms with Gasteiger partial charge in [-0.1, -0.05) is 39.0 Å². The molecule has 0 fully saturated rings. The Morgan fingerprint density at radius 3 is 2.46 bits per heavy atom. The minimum absolute atomic E-state index is 0.0529. The van der Waals surface area contributed by atoms with Crippen molar-refractivity contribution >= 4 is 11.9 Å². The van der Waals surface area contributed by atoms with Gasteiger partial charge < -0.3 is 9.84 Å². The molecular formula is C18H22N2O4. The first-order valence-electron chi connectivity index (χ1n) is 7.79. The Hall–Kier alpha value is -2.63. The number of aromatic nitrogens is 2. The SMILES string of the molecule is CC(C)(C)Cc1c(C(=O)OCCC(=O)O)cnn1-c1ccccc1. The van der Waals surface area contributed by atoms with E-state index in [-0.39, 0.29) is 18.4 Å². The van der Waals surface area contributed by atoms with Crippen molar-refractivity contribution in [1.82, 2.24) is 9.78 Å². The molecule has 0 radical (unpaired) electrons. The average Bonchev–Trinajstić information content (AvgIpc) is 2.89. The summed E-state index contributed by atoms with van der Waals surface area (Å²) in [7, 11) is 0. The summed E-state index contributed by atoms with van der Waals surface area (Å²) in [6, 6.07) is 9.56. The number of nitrogens with zero attached hydrogens (tertiary/aromatic N) is 2. The highest BCUT2D eigenvalue weighted by Gasteiger charge is 2.24. The van der Waals surface area contributed by atoms with E-state index in [4.69, 9.17) is 9.84 Å². The molecule has 1 heterocycles. The second-order valence-electron chi connectivity index (χ2n) is 6.77. The molecule has 24 heavy (non-hydrogen) atoms. The van der Waals surface area contributed by atoms with Crippen LogP contribution in [0.1, 0.15) is 43.2 Å². The predicted octanol–water partition coefficient (Wildman–Crippen LogP) is 3.09. The molecule has 0 spiro atoms. The predicted molar refractivity (Wildman–Crippen MR) is 89.3 cm³/mol. The number of hydrogen-bond acceptors (Lipinski definition) is 4. The zero-order valence-electron chi connectivity index (χ0n) is 14.2. The van der Waals surface area contributed by atoms with Crippen molar-refractivity contribution < 1.29 is 19.4 Å². The molecule has 1 N–H and O–H groups in total. The number of aliphatic carboxylic acids is 1. The maximum absolute atomic E-state index is 12.3. The Bertz CT molecular complexity index is 714. The fourth-order valence-corrected chi connectivity index (χ4v) is 2.32. The lowest BCUT2D eigenvalue weighted by atomic mass is 9.89. The van der Waals surface area contributed by atoms with E-state index in [0.717, 1.165) is 11.4 Å². The van der Waals surface area contributed by atoms with Gasteiger partial charge in [-0.05, 0) is 24.0 Å². The molecule has 0 aliphatic rings. The van der Waals surface area contributed by atoms with Gasteiger partial charge in [0.25, 0.3) is 0 Å². The molecule has 1 aromatic carbocycles. The normalized spacial score (nSPS) is 11.3. The van der Waals surface area contributed by atoms with Crippen LogP contribution < -0.4 is 0 Å². The summed E-state index contributed by atoms with van der Waals surface area (Å²) in [6.07, 6.45) is 1.90. The van der Waals surface area contributed by atoms with Crippen LogP contribution in [-0.4, -0.2) is 33.4 Å². The fourth-order valence-electron chi connectivity index (χ4n) is 2.32. The zero-order chi connectivity index (χ0) is 17.7. The molecule has 2 rings (SSSR count). The van der Waals surface area contributed by atoms with E-state index >= 15 is 0 Å². The van der Waals surface area contributed by atoms with E-state index in [1.807, 2.05) is 30.3 Å². The second-order valence-corrected chi connectivity index (χ2v) is 6.77. The minimum Gasteiger partial charge on any atom is -0.481 e. The third-order valence-corrected chi connectivity index (χ3v) is 3.34. The smallest absolute Gasteiger partial charge is 0.341 e. The van der Waals surface area contributed by atoms with Crippen LogP contribution in [0.5, 0.6) is 0 Å². The summed E-state index contributed by atoms with van der Waals surface area (Å²) in [5, 5.41) is 13.0. The van der Waals surface area contributed by atoms with Gasteiger partial charge >= 0.3 is 11.9 Å². The second kappa shape index (κ2) is 7.29. The number of carboxylic acids is 1. The number of hydrogen-bond donors (Lipinski definition) is 1. The van der Waals surface area contributed by atoms with Crippen LogP contribution in [0.25, 0.3) is 5.69 Å². The lowest BCUT2D eigenvalue weighted by Crippen LogP contribution is -2.17. The summed E-state index contributed by atoms with van der Waals surface area (Å²) in [6.45, 7) is 6.08. The number of carbonyl (C=O) groups is 2. The van der Waals surface area contributed by atoms with Crippen molar-refractivity contribution in [2.45, 2.75) is 33.6 Å². The number of esters is 1. The lowest BCUT2D eigenvalue weighted by molar-refractivity contribution is -0.137. The monoisotopic (exact) mass is 330 g/mol. The molecule has 0 amide bonds. The summed E-state index contributed by atoms with van der Waals surface area (Å²) < 4.78 is 6.81. The van der Waals surface area contributed by atoms with Gasteiger partial charge in [0.15, 0.2) is 0 Å². The lowest BCUT2D eigenvalue weighted by Gasteiger charge is -2.20. The number of rotatable bonds is 6. The molecule has 0 aliphatic heterocycles. The quantitative estimate of drug-likeness (QED) is 0.823. The maximum Gasteiger partial charge on any atom is 0.341 e. The van der Waals surface area contributed by atoms with Crippen LogP contribution in [0.3, 0.4) is 0 Å². The van der Waals surface area contributed by atoms with Gasteiger partial charge in [-0.15, -0.1) is 0 Å². The third kappa shape index (κ3) is 4.68. The molecule has 0 unspecified atom stereocenters. The minimum atomic E-state index is -1.00. The molecule has 2 aromatic rings. The Labute approximate surface area is 141 Å². The molecule has 1 aromatic heterocycles. The van der Waals surface area contributed by atoms with Crippen molar-refractivity contribution in [3.8, 4) is 5.69 Å². The summed E-state index contributed by atoms with van der Waals surface area (Å²) in [5.74, 6) is -1.55. The van der Waals surface area contributed by atoms with E-state index in [0.29, 0.717) is 12.0 Å². The van der Waals surface area contributed by atoms with Crippen molar-refractivity contribution in [2.24, 2.45) is 5.41 Å². The molecule has 6 nitrogen and oxygen atoms in total. The number of benzene rings is 1. The first kappa shape index (κ1) is 17.7. The number of para-hydroxylation sites is 1. The first-order chi connectivity index (χ1) is 11.3. The van der Waals surface area contributed by atoms with Gasteiger partial charge in [-0.25, -0.2) is 9.48 Å². The van der Waals surface area contributed by atoms with Crippen LogP contribution in [0.4, 0.5) is 0 Å². The van der Waals surface area contributed by atoms with E-state index < -0.39 is 11.9 Å². The van der Waals surface area contributed by atoms with E-state index in [2.05, 4.69) is 25.9 Å². The van der Waals surface area contributed by atoms with Gasteiger partial charge in [0, 0.05) is 0 Å². The average molecular weight is 330 g/mol. The molecule has 0 bridgehead atoms. The fraction of sp³-hybridized carbons (Fsp3) is 0.389. The number of ether oxygens (including phenoxy) is 1. The highest BCUT2D eigenvalue weighted by atomic mass is 16.5. The highest BCUT2D eigenvalue weighted by Crippen LogP contribution is 2.25. The van der Waals surface area contributed by atoms with E-state index in [1.165, 1.54) is 6.20 Å². The first-order valence-corrected chi connectivity index (χ1v) is 7.79. The Morgan fingerprint density at radius 1 is 1.21 bits per heavy atom. The van der Waals surface area contributed by atoms with Gasteiger partial charge in [-0.2, -0.15) is 5.10 Å². The highest BCUT2D eigenvalue weighted by molar-refractivity contribution is 5.90. The molecule has 0 atom stereocenters. The van der Waals surface area contributed by atoms with Crippen LogP contribution in [0.15, 0.2) is 36.5 Å². The maximum atomic E-state index is 12.3. The largest absolute Gasteiger partial charge is 0.481 e. The van der Waals surface area contributed by atoms with Crippen LogP contribution in [0, 0.1) is 5.41 Å². The third-order valence-electron chi connectivity index (χ3n) is 3.34. The Morgan fingerprint density at radius 2 is 1.88 bits per heavy atom. The topological polar surface area (TPSA) is 81.4 Å². The van der Waals surface area contributed by atoms with E-state index in [9.17, 15) is 9.59 Å². The van der Waals surface area contributed by atoms with Gasteiger partial charge in [0.2, 0.25) is 0 Å². The van der Waals surface area contributed by atoms with Crippen molar-refractivity contribution in [3.05, 3.63) is 47.8 Å². The van der Waals surface area contributed by atoms with Crippen molar-refractivity contribution in [2.75, 3.05) is 6.61 Å². The summed E-state index contributed by atoms with van der Waals surface area (Å²) >= 11 is 0. The number of carbonyl (C=O) groups excluding carboxylic acids is 1. The Kier molecular flexibility index (Phi) is 5.39.